The normalized spacial score (nSPS) is 11.2. The highest BCUT2D eigenvalue weighted by atomic mass is 35.5. The molecule has 0 fully saturated rings. The van der Waals surface area contributed by atoms with Crippen molar-refractivity contribution in [2.75, 3.05) is 34.4 Å². The summed E-state index contributed by atoms with van der Waals surface area (Å²) in [7, 11) is 4.64. The molecule has 4 N–H and O–H groups in total. The molecule has 1 aromatic carbocycles. The Balaban J connectivity index is 0.00000676. The molecule has 1 rings (SSSR count). The van der Waals surface area contributed by atoms with Gasteiger partial charge in [0, 0.05) is 12.1 Å². The average Bonchev–Trinajstić information content (AvgIpc) is 2.64. The van der Waals surface area contributed by atoms with Gasteiger partial charge < -0.3 is 30.6 Å². The third-order valence-electron chi connectivity index (χ3n) is 3.95. The molecular weight excluding hydrogens is 374 g/mol. The molecule has 0 saturated heterocycles. The number of ether oxygens (including phenoxy) is 3. The molecule has 9 heteroatoms. The maximum atomic E-state index is 11.9. The fraction of sp³-hybridized carbons (Fsp3) is 0.556. The second-order valence-corrected chi connectivity index (χ2v) is 6.08. The summed E-state index contributed by atoms with van der Waals surface area (Å²) in [5.74, 6) is 1.04. The second kappa shape index (κ2) is 12.2. The summed E-state index contributed by atoms with van der Waals surface area (Å²) in [6.45, 7) is 3.97. The van der Waals surface area contributed by atoms with E-state index >= 15 is 0 Å². The number of hydrogen-bond donors (Lipinski definition) is 3. The third kappa shape index (κ3) is 7.15. The highest BCUT2D eigenvalue weighted by molar-refractivity contribution is 5.87. The van der Waals surface area contributed by atoms with Gasteiger partial charge in [-0.3, -0.25) is 9.59 Å². The van der Waals surface area contributed by atoms with Gasteiger partial charge in [0.05, 0.1) is 33.9 Å². The van der Waals surface area contributed by atoms with Gasteiger partial charge in [0.2, 0.25) is 17.6 Å². The lowest BCUT2D eigenvalue weighted by Crippen LogP contribution is -2.47. The number of methoxy groups -OCH3 is 3. The number of amides is 2. The maximum Gasteiger partial charge on any atom is 0.239 e. The van der Waals surface area contributed by atoms with Gasteiger partial charge in [-0.25, -0.2) is 0 Å². The van der Waals surface area contributed by atoms with Crippen LogP contribution >= 0.6 is 12.4 Å². The van der Waals surface area contributed by atoms with E-state index in [1.807, 2.05) is 19.9 Å². The van der Waals surface area contributed by atoms with Crippen LogP contribution in [0.4, 0.5) is 0 Å². The highest BCUT2D eigenvalue weighted by Gasteiger charge is 2.18. The van der Waals surface area contributed by atoms with E-state index in [9.17, 15) is 9.59 Å². The van der Waals surface area contributed by atoms with Crippen molar-refractivity contribution in [3.05, 3.63) is 17.7 Å². The molecule has 0 aliphatic heterocycles. The molecule has 0 spiro atoms. The number of carbonyl (C=O) groups is 2. The first-order chi connectivity index (χ1) is 12.3. The van der Waals surface area contributed by atoms with E-state index < -0.39 is 6.04 Å². The smallest absolute Gasteiger partial charge is 0.239 e. The fourth-order valence-corrected chi connectivity index (χ4v) is 2.35. The molecule has 154 valence electrons. The molecule has 0 saturated carbocycles. The van der Waals surface area contributed by atoms with Crippen molar-refractivity contribution < 1.29 is 23.8 Å². The molecule has 0 aliphatic carbocycles. The molecule has 0 aromatic heterocycles. The van der Waals surface area contributed by atoms with Gasteiger partial charge >= 0.3 is 0 Å². The molecule has 1 aromatic rings. The quantitative estimate of drug-likeness (QED) is 0.535. The van der Waals surface area contributed by atoms with E-state index in [0.717, 1.165) is 5.56 Å². The zero-order valence-electron chi connectivity index (χ0n) is 16.5. The number of nitrogens with two attached hydrogens (primary N) is 1. The van der Waals surface area contributed by atoms with Crippen LogP contribution in [0.5, 0.6) is 17.2 Å². The number of nitrogens with one attached hydrogen (secondary N) is 2. The van der Waals surface area contributed by atoms with Gasteiger partial charge in [-0.2, -0.15) is 0 Å². The van der Waals surface area contributed by atoms with Crippen LogP contribution in [0.25, 0.3) is 0 Å². The van der Waals surface area contributed by atoms with E-state index in [4.69, 9.17) is 19.9 Å². The average molecular weight is 404 g/mol. The minimum Gasteiger partial charge on any atom is -0.493 e. The van der Waals surface area contributed by atoms with Crippen LogP contribution in [0, 0.1) is 5.92 Å². The van der Waals surface area contributed by atoms with Gasteiger partial charge in [-0.1, -0.05) is 19.9 Å². The summed E-state index contributed by atoms with van der Waals surface area (Å²) in [6.07, 6.45) is 0.536. The molecule has 0 bridgehead atoms. The molecule has 2 amide bonds. The Morgan fingerprint density at radius 2 is 1.67 bits per heavy atom. The molecule has 0 unspecified atom stereocenters. The van der Waals surface area contributed by atoms with Crippen LogP contribution in [0.1, 0.15) is 19.4 Å². The number of rotatable bonds is 10. The fourth-order valence-electron chi connectivity index (χ4n) is 2.35. The zero-order valence-corrected chi connectivity index (χ0v) is 17.3. The van der Waals surface area contributed by atoms with E-state index in [1.54, 1.807) is 20.3 Å². The predicted octanol–water partition coefficient (Wildman–Crippen LogP) is 0.892. The molecule has 27 heavy (non-hydrogen) atoms. The van der Waals surface area contributed by atoms with Crippen LogP contribution in [-0.4, -0.2) is 52.3 Å². The number of hydrogen-bond acceptors (Lipinski definition) is 6. The molecule has 8 nitrogen and oxygen atoms in total. The van der Waals surface area contributed by atoms with Gasteiger partial charge in [0.25, 0.3) is 0 Å². The lowest BCUT2D eigenvalue weighted by atomic mass is 10.1. The lowest BCUT2D eigenvalue weighted by Gasteiger charge is -2.16. The first-order valence-electron chi connectivity index (χ1n) is 8.43. The Bertz CT molecular complexity index is 625. The summed E-state index contributed by atoms with van der Waals surface area (Å²) >= 11 is 0. The molecule has 0 heterocycles. The highest BCUT2D eigenvalue weighted by Crippen LogP contribution is 2.39. The summed E-state index contributed by atoms with van der Waals surface area (Å²) in [6, 6.07) is 3.01. The Morgan fingerprint density at radius 1 is 1.04 bits per heavy atom. The molecule has 1 atom stereocenters. The van der Waals surface area contributed by atoms with Crippen LogP contribution < -0.4 is 30.6 Å². The maximum absolute atomic E-state index is 11.9. The standard InChI is InChI=1S/C18H29N3O5.ClH/c1-11(2)15(19)18(23)21-10-14(22)20-9-8-12-6-7-13(24-3)17(26-5)16(12)25-4;/h6-7,11,15H,8-10,19H2,1-5H3,(H,20,22)(H,21,23);1H/t15-;/m0./s1. The Labute approximate surface area is 166 Å². The minimum absolute atomic E-state index is 0. The van der Waals surface area contributed by atoms with Crippen molar-refractivity contribution in [1.82, 2.24) is 10.6 Å². The van der Waals surface area contributed by atoms with Crippen molar-refractivity contribution in [1.29, 1.82) is 0 Å². The molecule has 0 radical (unpaired) electrons. The van der Waals surface area contributed by atoms with Gasteiger partial charge in [0.15, 0.2) is 11.5 Å². The first-order valence-corrected chi connectivity index (χ1v) is 8.43. The summed E-state index contributed by atoms with van der Waals surface area (Å²) in [5.41, 5.74) is 6.60. The first kappa shape index (κ1) is 24.8. The molecule has 0 aliphatic rings. The van der Waals surface area contributed by atoms with Crippen molar-refractivity contribution in [3.63, 3.8) is 0 Å². The monoisotopic (exact) mass is 403 g/mol. The van der Waals surface area contributed by atoms with Gasteiger partial charge in [-0.15, -0.1) is 12.4 Å². The molecular formula is C18H30ClN3O5. The summed E-state index contributed by atoms with van der Waals surface area (Å²) in [5, 5.41) is 5.28. The topological polar surface area (TPSA) is 112 Å². The Hall–Kier alpha value is -2.19. The summed E-state index contributed by atoms with van der Waals surface area (Å²) in [4.78, 5) is 23.6. The van der Waals surface area contributed by atoms with Crippen LogP contribution in [0.2, 0.25) is 0 Å². The largest absolute Gasteiger partial charge is 0.493 e. The van der Waals surface area contributed by atoms with Crippen molar-refractivity contribution in [2.24, 2.45) is 11.7 Å². The minimum atomic E-state index is -0.626. The van der Waals surface area contributed by atoms with Crippen molar-refractivity contribution in [3.8, 4) is 17.2 Å². The van der Waals surface area contributed by atoms with Crippen LogP contribution in [-0.2, 0) is 16.0 Å². The second-order valence-electron chi connectivity index (χ2n) is 6.08. The Morgan fingerprint density at radius 3 is 2.19 bits per heavy atom. The van der Waals surface area contributed by atoms with Gasteiger partial charge in [0.1, 0.15) is 0 Å². The van der Waals surface area contributed by atoms with E-state index in [2.05, 4.69) is 10.6 Å². The van der Waals surface area contributed by atoms with E-state index in [0.29, 0.717) is 30.2 Å². The van der Waals surface area contributed by atoms with Gasteiger partial charge in [-0.05, 0) is 18.4 Å². The number of benzene rings is 1. The number of halogens is 1. The van der Waals surface area contributed by atoms with E-state index in [-0.39, 0.29) is 36.7 Å². The predicted molar refractivity (Wildman–Crippen MR) is 106 cm³/mol. The van der Waals surface area contributed by atoms with Crippen LogP contribution in [0.15, 0.2) is 12.1 Å². The summed E-state index contributed by atoms with van der Waals surface area (Å²) < 4.78 is 16.0. The Kier molecular flexibility index (Phi) is 11.2. The van der Waals surface area contributed by atoms with Crippen LogP contribution in [0.3, 0.4) is 0 Å². The SMILES string of the molecule is COc1ccc(CCNC(=O)CNC(=O)[C@@H](N)C(C)C)c(OC)c1OC.Cl. The van der Waals surface area contributed by atoms with Crippen molar-refractivity contribution >= 4 is 24.2 Å². The lowest BCUT2D eigenvalue weighted by molar-refractivity contribution is -0.127. The third-order valence-corrected chi connectivity index (χ3v) is 3.95. The number of carbonyl (C=O) groups excluding carboxylic acids is 2. The van der Waals surface area contributed by atoms with E-state index in [1.165, 1.54) is 7.11 Å². The zero-order chi connectivity index (χ0) is 19.7. The van der Waals surface area contributed by atoms with Crippen molar-refractivity contribution in [2.45, 2.75) is 26.3 Å².